The third-order valence-electron chi connectivity index (χ3n) is 3.16. The zero-order chi connectivity index (χ0) is 15.0. The fourth-order valence-electron chi connectivity index (χ4n) is 2.13. The number of nitrogens with one attached hydrogen (secondary N) is 1. The van der Waals surface area contributed by atoms with Crippen molar-refractivity contribution in [2.24, 2.45) is 5.92 Å². The van der Waals surface area contributed by atoms with Gasteiger partial charge in [-0.2, -0.15) is 0 Å². The maximum atomic E-state index is 13.4. The van der Waals surface area contributed by atoms with E-state index in [0.717, 1.165) is 37.4 Å². The van der Waals surface area contributed by atoms with Gasteiger partial charge in [0.05, 0.1) is 0 Å². The van der Waals surface area contributed by atoms with Crippen LogP contribution in [0.2, 0.25) is 0 Å². The predicted molar refractivity (Wildman–Crippen MR) is 82.7 cm³/mol. The van der Waals surface area contributed by atoms with Crippen molar-refractivity contribution in [1.82, 2.24) is 5.32 Å². The highest BCUT2D eigenvalue weighted by atomic mass is 19.1. The van der Waals surface area contributed by atoms with Crippen LogP contribution in [0, 0.1) is 11.7 Å². The topological polar surface area (TPSA) is 24.5 Å². The summed E-state index contributed by atoms with van der Waals surface area (Å²) in [4.78, 5) is 2.16. The Kier molecular flexibility index (Phi) is 7.55. The molecular formula is C16H27FN2O. The molecule has 0 unspecified atom stereocenters. The first-order valence-electron chi connectivity index (χ1n) is 7.23. The van der Waals surface area contributed by atoms with Crippen LogP contribution in [0.4, 0.5) is 10.1 Å². The van der Waals surface area contributed by atoms with Gasteiger partial charge in [0.15, 0.2) is 0 Å². The van der Waals surface area contributed by atoms with Crippen molar-refractivity contribution in [3.63, 3.8) is 0 Å². The van der Waals surface area contributed by atoms with Crippen molar-refractivity contribution in [1.29, 1.82) is 0 Å². The molecule has 20 heavy (non-hydrogen) atoms. The first-order chi connectivity index (χ1) is 9.54. The molecule has 0 aromatic heterocycles. The second kappa shape index (κ2) is 8.93. The van der Waals surface area contributed by atoms with Gasteiger partial charge in [0.25, 0.3) is 0 Å². The van der Waals surface area contributed by atoms with Crippen LogP contribution in [-0.4, -0.2) is 33.9 Å². The van der Waals surface area contributed by atoms with Gasteiger partial charge in [-0.05, 0) is 42.6 Å². The summed E-state index contributed by atoms with van der Waals surface area (Å²) in [5.41, 5.74) is 2.09. The molecule has 0 saturated carbocycles. The Morgan fingerprint density at radius 2 is 2.10 bits per heavy atom. The number of hydrogen-bond acceptors (Lipinski definition) is 3. The Balaban J connectivity index is 2.68. The first kappa shape index (κ1) is 16.9. The van der Waals surface area contributed by atoms with E-state index in [2.05, 4.69) is 24.1 Å². The molecule has 0 fully saturated rings. The van der Waals surface area contributed by atoms with Gasteiger partial charge < -0.3 is 15.0 Å². The quantitative estimate of drug-likeness (QED) is 0.705. The Labute approximate surface area is 122 Å². The predicted octanol–water partition coefficient (Wildman–Crippen LogP) is 3.04. The van der Waals surface area contributed by atoms with E-state index in [9.17, 15) is 4.39 Å². The minimum Gasteiger partial charge on any atom is -0.385 e. The van der Waals surface area contributed by atoms with Crippen molar-refractivity contribution in [2.75, 3.05) is 38.8 Å². The average Bonchev–Trinajstić information content (AvgIpc) is 2.38. The Morgan fingerprint density at radius 1 is 1.35 bits per heavy atom. The van der Waals surface area contributed by atoms with Crippen LogP contribution in [0.1, 0.15) is 25.8 Å². The summed E-state index contributed by atoms with van der Waals surface area (Å²) in [6.07, 6.45) is 0.962. The lowest BCUT2D eigenvalue weighted by Crippen LogP contribution is -2.24. The lowest BCUT2D eigenvalue weighted by atomic mass is 10.1. The fraction of sp³-hybridized carbons (Fsp3) is 0.625. The summed E-state index contributed by atoms with van der Waals surface area (Å²) in [6.45, 7) is 7.60. The molecule has 0 radical (unpaired) electrons. The van der Waals surface area contributed by atoms with Gasteiger partial charge in [0, 0.05) is 39.5 Å². The lowest BCUT2D eigenvalue weighted by molar-refractivity contribution is 0.196. The number of ether oxygens (including phenoxy) is 1. The molecule has 1 aromatic carbocycles. The normalized spacial score (nSPS) is 11.1. The molecule has 0 atom stereocenters. The molecule has 0 aliphatic rings. The third kappa shape index (κ3) is 5.88. The van der Waals surface area contributed by atoms with Gasteiger partial charge in [0.1, 0.15) is 5.82 Å². The Hall–Kier alpha value is -1.13. The molecule has 0 aliphatic carbocycles. The van der Waals surface area contributed by atoms with Crippen molar-refractivity contribution in [2.45, 2.75) is 26.8 Å². The van der Waals surface area contributed by atoms with Gasteiger partial charge in [-0.3, -0.25) is 0 Å². The fourth-order valence-corrected chi connectivity index (χ4v) is 2.13. The van der Waals surface area contributed by atoms with E-state index >= 15 is 0 Å². The number of methoxy groups -OCH3 is 1. The zero-order valence-corrected chi connectivity index (χ0v) is 13.1. The smallest absolute Gasteiger partial charge is 0.123 e. The molecule has 114 valence electrons. The highest BCUT2D eigenvalue weighted by Gasteiger charge is 2.09. The number of anilines is 1. The van der Waals surface area contributed by atoms with E-state index in [1.165, 1.54) is 6.07 Å². The van der Waals surface area contributed by atoms with Crippen LogP contribution in [0.3, 0.4) is 0 Å². The van der Waals surface area contributed by atoms with E-state index in [1.807, 2.05) is 13.1 Å². The number of benzene rings is 1. The van der Waals surface area contributed by atoms with Crippen LogP contribution >= 0.6 is 0 Å². The SMILES string of the molecule is COCCCN(C)c1ccc(F)cc1CNCC(C)C. The van der Waals surface area contributed by atoms with Crippen LogP contribution in [0.5, 0.6) is 0 Å². The van der Waals surface area contributed by atoms with Gasteiger partial charge in [-0.1, -0.05) is 13.8 Å². The first-order valence-corrected chi connectivity index (χ1v) is 7.23. The molecule has 0 bridgehead atoms. The maximum absolute atomic E-state index is 13.4. The second-order valence-electron chi connectivity index (χ2n) is 5.57. The molecule has 3 nitrogen and oxygen atoms in total. The van der Waals surface area contributed by atoms with Gasteiger partial charge in [-0.15, -0.1) is 0 Å². The van der Waals surface area contributed by atoms with E-state index in [-0.39, 0.29) is 5.82 Å². The lowest BCUT2D eigenvalue weighted by Gasteiger charge is -2.23. The van der Waals surface area contributed by atoms with Crippen LogP contribution < -0.4 is 10.2 Å². The van der Waals surface area contributed by atoms with Crippen molar-refractivity contribution < 1.29 is 9.13 Å². The monoisotopic (exact) mass is 282 g/mol. The van der Waals surface area contributed by atoms with Crippen LogP contribution in [0.15, 0.2) is 18.2 Å². The summed E-state index contributed by atoms with van der Waals surface area (Å²) in [6, 6.07) is 5.00. The number of halogens is 1. The summed E-state index contributed by atoms with van der Waals surface area (Å²) in [5.74, 6) is 0.409. The summed E-state index contributed by atoms with van der Waals surface area (Å²) in [7, 11) is 3.74. The van der Waals surface area contributed by atoms with E-state index in [1.54, 1.807) is 13.2 Å². The Morgan fingerprint density at radius 3 is 2.75 bits per heavy atom. The van der Waals surface area contributed by atoms with Crippen LogP contribution in [-0.2, 0) is 11.3 Å². The third-order valence-corrected chi connectivity index (χ3v) is 3.16. The highest BCUT2D eigenvalue weighted by molar-refractivity contribution is 5.53. The summed E-state index contributed by atoms with van der Waals surface area (Å²) in [5, 5.41) is 3.37. The minimum atomic E-state index is -0.180. The molecule has 0 heterocycles. The summed E-state index contributed by atoms with van der Waals surface area (Å²) < 4.78 is 18.5. The van der Waals surface area contributed by atoms with Gasteiger partial charge in [0.2, 0.25) is 0 Å². The number of nitrogens with zero attached hydrogens (tertiary/aromatic N) is 1. The Bertz CT molecular complexity index is 396. The van der Waals surface area contributed by atoms with E-state index in [0.29, 0.717) is 12.5 Å². The maximum Gasteiger partial charge on any atom is 0.123 e. The van der Waals surface area contributed by atoms with E-state index in [4.69, 9.17) is 4.74 Å². The molecule has 1 rings (SSSR count). The molecule has 0 amide bonds. The summed E-state index contributed by atoms with van der Waals surface area (Å²) >= 11 is 0. The highest BCUT2D eigenvalue weighted by Crippen LogP contribution is 2.21. The largest absolute Gasteiger partial charge is 0.385 e. The molecular weight excluding hydrogens is 255 g/mol. The average molecular weight is 282 g/mol. The number of hydrogen-bond donors (Lipinski definition) is 1. The van der Waals surface area contributed by atoms with Crippen molar-refractivity contribution >= 4 is 5.69 Å². The van der Waals surface area contributed by atoms with E-state index < -0.39 is 0 Å². The molecule has 4 heteroatoms. The van der Waals surface area contributed by atoms with Crippen LogP contribution in [0.25, 0.3) is 0 Å². The molecule has 0 saturated heterocycles. The molecule has 0 spiro atoms. The molecule has 1 aromatic rings. The minimum absolute atomic E-state index is 0.180. The number of rotatable bonds is 9. The standard InChI is InChI=1S/C16H27FN2O/c1-13(2)11-18-12-14-10-15(17)6-7-16(14)19(3)8-5-9-20-4/h6-7,10,13,18H,5,8-9,11-12H2,1-4H3. The van der Waals surface area contributed by atoms with Gasteiger partial charge >= 0.3 is 0 Å². The van der Waals surface area contributed by atoms with Gasteiger partial charge in [-0.25, -0.2) is 4.39 Å². The van der Waals surface area contributed by atoms with Crippen molar-refractivity contribution in [3.05, 3.63) is 29.6 Å². The molecule has 0 aliphatic heterocycles. The van der Waals surface area contributed by atoms with Crippen molar-refractivity contribution in [3.8, 4) is 0 Å². The molecule has 1 N–H and O–H groups in total. The zero-order valence-electron chi connectivity index (χ0n) is 13.1. The second-order valence-corrected chi connectivity index (χ2v) is 5.57.